The number of aromatic hydroxyl groups is 1. The Morgan fingerprint density at radius 2 is 1.85 bits per heavy atom. The molecule has 4 amide bonds. The van der Waals surface area contributed by atoms with Crippen LogP contribution in [0.25, 0.3) is 0 Å². The lowest BCUT2D eigenvalue weighted by Crippen LogP contribution is -2.71. The van der Waals surface area contributed by atoms with Crippen molar-refractivity contribution < 1.29 is 38.9 Å². The van der Waals surface area contributed by atoms with E-state index in [2.05, 4.69) is 20.6 Å². The predicted octanol–water partition coefficient (Wildman–Crippen LogP) is 1.80. The van der Waals surface area contributed by atoms with Gasteiger partial charge in [0.2, 0.25) is 11.9 Å². The van der Waals surface area contributed by atoms with Crippen LogP contribution in [-0.2, 0) is 23.9 Å². The Kier molecular flexibility index (Phi) is 9.39. The number of nitrogens with one attached hydrogen (secondary N) is 3. The largest absolute Gasteiger partial charge is 0.508 e. The van der Waals surface area contributed by atoms with E-state index < -0.39 is 58.5 Å². The van der Waals surface area contributed by atoms with Gasteiger partial charge in [-0.3, -0.25) is 34.0 Å². The summed E-state index contributed by atoms with van der Waals surface area (Å²) in [5.41, 5.74) is 4.94. The molecule has 2 aliphatic heterocycles. The number of carbonyl (C=O) groups excluding carboxylic acids is 4. The highest BCUT2D eigenvalue weighted by Gasteiger charge is 2.55. The lowest BCUT2D eigenvalue weighted by Gasteiger charge is -2.49. The summed E-state index contributed by atoms with van der Waals surface area (Å²) in [4.78, 5) is 85.0. The van der Waals surface area contributed by atoms with Gasteiger partial charge in [0.15, 0.2) is 0 Å². The minimum atomic E-state index is -1.64. The van der Waals surface area contributed by atoms with Crippen LogP contribution in [0.1, 0.15) is 18.5 Å². The number of phenolic OH excluding ortho intramolecular Hbond substituents is 1. The molecule has 0 bridgehead atoms. The number of H-pyrrole nitrogens is 1. The van der Waals surface area contributed by atoms with Crippen LogP contribution in [0.5, 0.6) is 5.75 Å². The molecular formula is C29H26ClN7O9S. The minimum absolute atomic E-state index is 0.000897. The zero-order valence-electron chi connectivity index (χ0n) is 24.3. The number of carbonyl (C=O) groups is 5. The molecule has 2 unspecified atom stereocenters. The maximum atomic E-state index is 13.9. The van der Waals surface area contributed by atoms with Gasteiger partial charge in [0.05, 0.1) is 6.20 Å². The number of carboxylic acid groups (broad SMARTS) is 1. The molecule has 3 heterocycles. The van der Waals surface area contributed by atoms with Crippen molar-refractivity contribution in [1.82, 2.24) is 20.2 Å². The number of rotatable bonds is 10. The molecule has 7 N–H and O–H groups in total. The molecule has 1 saturated heterocycles. The summed E-state index contributed by atoms with van der Waals surface area (Å²) in [6.07, 6.45) is 1.03. The highest BCUT2D eigenvalue weighted by molar-refractivity contribution is 8.00. The maximum Gasteiger partial charge on any atom is 0.352 e. The number of urea groups is 1. The summed E-state index contributed by atoms with van der Waals surface area (Å²) in [5.74, 6) is -3.82. The first kappa shape index (κ1) is 32.8. The molecule has 16 nitrogen and oxygen atoms in total. The Labute approximate surface area is 274 Å². The van der Waals surface area contributed by atoms with E-state index in [0.29, 0.717) is 15.6 Å². The number of carboxylic acids is 1. The second-order valence-corrected chi connectivity index (χ2v) is 11.8. The van der Waals surface area contributed by atoms with E-state index in [1.807, 2.05) is 0 Å². The molecule has 3 atom stereocenters. The summed E-state index contributed by atoms with van der Waals surface area (Å²) in [6.45, 7) is 0.834. The van der Waals surface area contributed by atoms with Gasteiger partial charge in [0.25, 0.3) is 11.5 Å². The number of nitrogens with two attached hydrogens (primary N) is 1. The number of hydrogen-bond donors (Lipinski definition) is 6. The van der Waals surface area contributed by atoms with Crippen molar-refractivity contribution in [2.45, 2.75) is 24.4 Å². The highest BCUT2D eigenvalue weighted by Crippen LogP contribution is 2.41. The van der Waals surface area contributed by atoms with E-state index in [1.165, 1.54) is 24.3 Å². The highest BCUT2D eigenvalue weighted by atomic mass is 35.5. The van der Waals surface area contributed by atoms with Crippen LogP contribution >= 0.6 is 23.4 Å². The molecule has 0 saturated carbocycles. The SMILES string of the molecule is CC(=O)OCC1=C(C(=O)O)N2C(=O)C(NC(=O)C(c3ccc(O)cc3)N(C(N)=O)c3cnc(Nc4ccc(Cl)cc4)[nH]c3=O)[C@@H]2SC1. The van der Waals surface area contributed by atoms with Gasteiger partial charge < -0.3 is 31.3 Å². The van der Waals surface area contributed by atoms with Gasteiger partial charge in [-0.1, -0.05) is 23.7 Å². The average Bonchev–Trinajstić information content (AvgIpc) is 3.02. The van der Waals surface area contributed by atoms with Crippen molar-refractivity contribution >= 4 is 70.5 Å². The molecule has 0 radical (unpaired) electrons. The lowest BCUT2D eigenvalue weighted by molar-refractivity contribution is -0.151. The summed E-state index contributed by atoms with van der Waals surface area (Å²) in [5, 5.41) is 24.8. The number of benzene rings is 2. The molecule has 0 aliphatic carbocycles. The van der Waals surface area contributed by atoms with Crippen LogP contribution in [0, 0.1) is 0 Å². The second kappa shape index (κ2) is 13.4. The normalized spacial score (nSPS) is 17.6. The Morgan fingerprint density at radius 3 is 2.45 bits per heavy atom. The van der Waals surface area contributed by atoms with Crippen molar-refractivity contribution in [3.8, 4) is 5.75 Å². The number of phenols is 1. The second-order valence-electron chi connectivity index (χ2n) is 10.2. The molecule has 5 rings (SSSR count). The first-order chi connectivity index (χ1) is 22.3. The fourth-order valence-corrected chi connectivity index (χ4v) is 6.42. The predicted molar refractivity (Wildman–Crippen MR) is 169 cm³/mol. The third-order valence-corrected chi connectivity index (χ3v) is 8.69. The summed E-state index contributed by atoms with van der Waals surface area (Å²) < 4.78 is 4.94. The van der Waals surface area contributed by atoms with E-state index in [4.69, 9.17) is 22.1 Å². The van der Waals surface area contributed by atoms with Crippen molar-refractivity contribution in [3.05, 3.63) is 86.9 Å². The summed E-state index contributed by atoms with van der Waals surface area (Å²) >= 11 is 7.05. The third kappa shape index (κ3) is 6.85. The number of aromatic amines is 1. The van der Waals surface area contributed by atoms with Crippen molar-refractivity contribution in [1.29, 1.82) is 0 Å². The maximum absolute atomic E-state index is 13.9. The number of nitrogens with zero attached hydrogens (tertiary/aromatic N) is 3. The van der Waals surface area contributed by atoms with E-state index in [9.17, 15) is 39.0 Å². The van der Waals surface area contributed by atoms with Gasteiger partial charge in [-0.05, 0) is 42.0 Å². The van der Waals surface area contributed by atoms with Crippen LogP contribution in [-0.4, -0.2) is 78.6 Å². The van der Waals surface area contributed by atoms with Gasteiger partial charge in [0, 0.05) is 29.0 Å². The Balaban J connectivity index is 1.44. The van der Waals surface area contributed by atoms with Crippen LogP contribution in [0.15, 0.2) is 70.8 Å². The molecule has 2 aliphatic rings. The molecule has 2 aromatic carbocycles. The summed E-state index contributed by atoms with van der Waals surface area (Å²) in [7, 11) is 0. The number of hydrogen-bond acceptors (Lipinski definition) is 11. The number of ether oxygens (including phenoxy) is 1. The number of aliphatic carboxylic acids is 1. The number of halogens is 1. The lowest BCUT2D eigenvalue weighted by atomic mass is 10.00. The molecule has 18 heteroatoms. The number of thioether (sulfide) groups is 1. The topological polar surface area (TPSA) is 237 Å². The van der Waals surface area contributed by atoms with Crippen LogP contribution in [0.2, 0.25) is 5.02 Å². The van der Waals surface area contributed by atoms with E-state index in [1.54, 1.807) is 24.3 Å². The van der Waals surface area contributed by atoms with Gasteiger partial charge in [0.1, 0.15) is 41.2 Å². The van der Waals surface area contributed by atoms with Crippen molar-refractivity contribution in [2.24, 2.45) is 5.73 Å². The van der Waals surface area contributed by atoms with Crippen LogP contribution in [0.4, 0.5) is 22.1 Å². The van der Waals surface area contributed by atoms with E-state index in [-0.39, 0.29) is 40.9 Å². The molecular weight excluding hydrogens is 658 g/mol. The fourth-order valence-electron chi connectivity index (χ4n) is 4.97. The average molecular weight is 684 g/mol. The number of aromatic nitrogens is 2. The smallest absolute Gasteiger partial charge is 0.352 e. The first-order valence-corrected chi connectivity index (χ1v) is 15.1. The van der Waals surface area contributed by atoms with Crippen molar-refractivity contribution in [2.75, 3.05) is 22.6 Å². The number of esters is 1. The van der Waals surface area contributed by atoms with Crippen LogP contribution < -0.4 is 26.8 Å². The molecule has 47 heavy (non-hydrogen) atoms. The third-order valence-electron chi connectivity index (χ3n) is 7.10. The molecule has 0 spiro atoms. The zero-order valence-corrected chi connectivity index (χ0v) is 25.9. The number of fused-ring (bicyclic) bond motifs is 1. The summed E-state index contributed by atoms with van der Waals surface area (Å²) in [6, 6.07) is 7.56. The minimum Gasteiger partial charge on any atom is -0.508 e. The first-order valence-electron chi connectivity index (χ1n) is 13.7. The molecule has 1 fully saturated rings. The Morgan fingerprint density at radius 1 is 1.17 bits per heavy atom. The van der Waals surface area contributed by atoms with Crippen LogP contribution in [0.3, 0.4) is 0 Å². The number of amides is 4. The monoisotopic (exact) mass is 683 g/mol. The quantitative estimate of drug-likeness (QED) is 0.133. The van der Waals surface area contributed by atoms with Gasteiger partial charge in [-0.15, -0.1) is 11.8 Å². The standard InChI is InChI=1S/C29H26ClN7O9S/c1-13(38)46-11-15-12-47-26-20(25(42)37(26)22(15)27(43)44)34-24(41)21(14-2-8-18(39)9-3-14)36(28(31)45)19-10-32-29(35-23(19)40)33-17-6-4-16(30)5-7-17/h2-10,20-21,26,39H,11-12H2,1H3,(H2,31,45)(H,34,41)(H,43,44)(H2,32,33,35,40)/t20?,21?,26-/m0/s1. The number of anilines is 3. The number of β-lactam (4-membered cyclic amide) rings is 1. The molecule has 3 aromatic rings. The zero-order chi connectivity index (χ0) is 34.0. The number of primary amides is 1. The van der Waals surface area contributed by atoms with Crippen molar-refractivity contribution in [3.63, 3.8) is 0 Å². The van der Waals surface area contributed by atoms with E-state index >= 15 is 0 Å². The van der Waals surface area contributed by atoms with Gasteiger partial charge >= 0.3 is 18.0 Å². The fraction of sp³-hybridized carbons (Fsp3) is 0.207. The van der Waals surface area contributed by atoms with E-state index in [0.717, 1.165) is 29.8 Å². The van der Waals surface area contributed by atoms with Gasteiger partial charge in [-0.2, -0.15) is 0 Å². The Bertz CT molecular complexity index is 1850. The molecule has 244 valence electrons. The Hall–Kier alpha value is -5.55. The van der Waals surface area contributed by atoms with Gasteiger partial charge in [-0.25, -0.2) is 14.6 Å². The molecule has 1 aromatic heterocycles.